The van der Waals surface area contributed by atoms with E-state index in [9.17, 15) is 14.7 Å². The fraction of sp³-hybridized carbons (Fsp3) is 0.412. The number of phenols is 1. The van der Waals surface area contributed by atoms with Gasteiger partial charge in [0.15, 0.2) is 5.78 Å². The van der Waals surface area contributed by atoms with Gasteiger partial charge < -0.3 is 14.6 Å². The molecule has 0 fully saturated rings. The van der Waals surface area contributed by atoms with Crippen molar-refractivity contribution >= 4 is 27.7 Å². The number of carbonyl (C=O) groups is 2. The van der Waals surface area contributed by atoms with Gasteiger partial charge in [-0.25, -0.2) is 4.79 Å². The molecule has 5 nitrogen and oxygen atoms in total. The molecule has 0 aliphatic carbocycles. The third-order valence-corrected chi connectivity index (χ3v) is 4.57. The molecular formula is C17H19BrO5. The van der Waals surface area contributed by atoms with E-state index in [1.807, 2.05) is 19.9 Å². The van der Waals surface area contributed by atoms with E-state index in [1.54, 1.807) is 0 Å². The molecule has 0 saturated carbocycles. The van der Waals surface area contributed by atoms with Gasteiger partial charge in [0.25, 0.3) is 0 Å². The van der Waals surface area contributed by atoms with E-state index in [-0.39, 0.29) is 33.7 Å². The Kier molecular flexibility index (Phi) is 5.14. The molecule has 1 atom stereocenters. The molecule has 0 saturated heterocycles. The minimum absolute atomic E-state index is 0.0455. The smallest absolute Gasteiger partial charge is 0.350 e. The Hall–Kier alpha value is -1.82. The molecule has 1 aromatic rings. The average molecular weight is 383 g/mol. The van der Waals surface area contributed by atoms with E-state index >= 15 is 0 Å². The van der Waals surface area contributed by atoms with Crippen molar-refractivity contribution in [3.05, 3.63) is 33.8 Å². The van der Waals surface area contributed by atoms with Crippen molar-refractivity contribution < 1.29 is 24.2 Å². The molecular weight excluding hydrogens is 364 g/mol. The van der Waals surface area contributed by atoms with Crippen LogP contribution in [-0.2, 0) is 9.53 Å². The van der Waals surface area contributed by atoms with Crippen LogP contribution in [0, 0.1) is 0 Å². The van der Waals surface area contributed by atoms with E-state index < -0.39 is 11.6 Å². The van der Waals surface area contributed by atoms with Crippen molar-refractivity contribution in [1.82, 2.24) is 0 Å². The van der Waals surface area contributed by atoms with Crippen LogP contribution in [-0.4, -0.2) is 29.6 Å². The number of halogens is 1. The highest BCUT2D eigenvalue weighted by molar-refractivity contribution is 9.10. The zero-order valence-electron chi connectivity index (χ0n) is 13.3. The van der Waals surface area contributed by atoms with Gasteiger partial charge in [0.2, 0.25) is 5.60 Å². The van der Waals surface area contributed by atoms with Gasteiger partial charge in [0.1, 0.15) is 11.5 Å². The summed E-state index contributed by atoms with van der Waals surface area (Å²) in [5.41, 5.74) is 0.0493. The number of Topliss-reactive ketones (excluding diaryl/α,β-unsaturated/α-hetero) is 1. The standard InChI is InChI=1S/C17H19BrO5/c1-10(2)5-4-8-17(16(21)22-3)9-12(20)14-13(23-17)7-6-11(19)15(14)18/h5-7,19H,4,8-9H2,1-3H3. The SMILES string of the molecule is COC(=O)C1(CCC=C(C)C)CC(=O)c2c(ccc(O)c2Br)O1. The number of allylic oxidation sites excluding steroid dienone is 2. The maximum absolute atomic E-state index is 12.5. The monoisotopic (exact) mass is 382 g/mol. The Bertz CT molecular complexity index is 676. The molecule has 0 radical (unpaired) electrons. The minimum atomic E-state index is -1.33. The van der Waals surface area contributed by atoms with Crippen LogP contribution >= 0.6 is 15.9 Å². The van der Waals surface area contributed by atoms with Gasteiger partial charge in [-0.3, -0.25) is 4.79 Å². The third-order valence-electron chi connectivity index (χ3n) is 3.77. The largest absolute Gasteiger partial charge is 0.507 e. The van der Waals surface area contributed by atoms with Crippen LogP contribution in [0.25, 0.3) is 0 Å². The van der Waals surface area contributed by atoms with Crippen LogP contribution in [0.3, 0.4) is 0 Å². The number of hydrogen-bond donors (Lipinski definition) is 1. The van der Waals surface area contributed by atoms with E-state index in [4.69, 9.17) is 9.47 Å². The lowest BCUT2D eigenvalue weighted by molar-refractivity contribution is -0.160. The van der Waals surface area contributed by atoms with E-state index in [0.717, 1.165) is 5.57 Å². The summed E-state index contributed by atoms with van der Waals surface area (Å²) < 4.78 is 11.0. The lowest BCUT2D eigenvalue weighted by Gasteiger charge is -2.35. The van der Waals surface area contributed by atoms with E-state index in [2.05, 4.69) is 15.9 Å². The van der Waals surface area contributed by atoms with Crippen molar-refractivity contribution in [3.63, 3.8) is 0 Å². The second-order valence-electron chi connectivity index (χ2n) is 5.78. The predicted octanol–water partition coefficient (Wildman–Crippen LogP) is 3.78. The molecule has 1 aliphatic rings. The molecule has 2 rings (SSSR count). The zero-order valence-corrected chi connectivity index (χ0v) is 14.9. The summed E-state index contributed by atoms with van der Waals surface area (Å²) in [5, 5.41) is 9.73. The van der Waals surface area contributed by atoms with Crippen molar-refractivity contribution in [2.24, 2.45) is 0 Å². The van der Waals surface area contributed by atoms with Gasteiger partial charge in [-0.2, -0.15) is 0 Å². The normalized spacial score (nSPS) is 19.6. The van der Waals surface area contributed by atoms with Crippen LogP contribution in [0.4, 0.5) is 0 Å². The molecule has 0 bridgehead atoms. The minimum Gasteiger partial charge on any atom is -0.507 e. The van der Waals surface area contributed by atoms with Gasteiger partial charge in [-0.15, -0.1) is 0 Å². The highest BCUT2D eigenvalue weighted by Gasteiger charge is 2.48. The maximum atomic E-state index is 12.5. The van der Waals surface area contributed by atoms with Gasteiger partial charge in [-0.1, -0.05) is 11.6 Å². The molecule has 6 heteroatoms. The van der Waals surface area contributed by atoms with Crippen LogP contribution in [0.1, 0.15) is 43.5 Å². The molecule has 23 heavy (non-hydrogen) atoms. The zero-order chi connectivity index (χ0) is 17.2. The van der Waals surface area contributed by atoms with Crippen LogP contribution in [0.5, 0.6) is 11.5 Å². The Morgan fingerprint density at radius 3 is 2.78 bits per heavy atom. The number of rotatable bonds is 4. The lowest BCUT2D eigenvalue weighted by Crippen LogP contribution is -2.49. The number of benzene rings is 1. The molecule has 1 heterocycles. The molecule has 1 N–H and O–H groups in total. The number of ketones is 1. The number of esters is 1. The van der Waals surface area contributed by atoms with Crippen molar-refractivity contribution in [2.45, 2.75) is 38.7 Å². The van der Waals surface area contributed by atoms with Crippen molar-refractivity contribution in [1.29, 1.82) is 0 Å². The quantitative estimate of drug-likeness (QED) is 0.633. The van der Waals surface area contributed by atoms with Gasteiger partial charge in [0, 0.05) is 6.42 Å². The highest BCUT2D eigenvalue weighted by Crippen LogP contribution is 2.43. The summed E-state index contributed by atoms with van der Waals surface area (Å²) in [6.07, 6.45) is 2.81. The van der Waals surface area contributed by atoms with Gasteiger partial charge in [-0.05, 0) is 48.3 Å². The summed E-state index contributed by atoms with van der Waals surface area (Å²) in [5.74, 6) is -0.608. The summed E-state index contributed by atoms with van der Waals surface area (Å²) in [6.45, 7) is 3.93. The number of carbonyl (C=O) groups excluding carboxylic acids is 2. The van der Waals surface area contributed by atoms with Crippen LogP contribution < -0.4 is 4.74 Å². The van der Waals surface area contributed by atoms with Crippen molar-refractivity contribution in [3.8, 4) is 11.5 Å². The Morgan fingerprint density at radius 1 is 1.48 bits per heavy atom. The van der Waals surface area contributed by atoms with Crippen LogP contribution in [0.2, 0.25) is 0 Å². The first-order valence-corrected chi connectivity index (χ1v) is 8.05. The fourth-order valence-corrected chi connectivity index (χ4v) is 3.17. The summed E-state index contributed by atoms with van der Waals surface area (Å²) >= 11 is 3.19. The Balaban J connectivity index is 2.42. The number of hydrogen-bond acceptors (Lipinski definition) is 5. The van der Waals surface area contributed by atoms with Gasteiger partial charge in [0.05, 0.1) is 23.6 Å². The topological polar surface area (TPSA) is 72.8 Å². The molecule has 1 unspecified atom stereocenters. The second kappa shape index (κ2) is 6.74. The van der Waals surface area contributed by atoms with Gasteiger partial charge >= 0.3 is 5.97 Å². The van der Waals surface area contributed by atoms with E-state index in [1.165, 1.54) is 19.2 Å². The number of ether oxygens (including phenoxy) is 2. The second-order valence-corrected chi connectivity index (χ2v) is 6.57. The first kappa shape index (κ1) is 17.5. The fourth-order valence-electron chi connectivity index (χ4n) is 2.62. The van der Waals surface area contributed by atoms with E-state index in [0.29, 0.717) is 12.8 Å². The average Bonchev–Trinajstić information content (AvgIpc) is 2.49. The molecule has 0 amide bonds. The number of phenolic OH excluding ortho intramolecular Hbond substituents is 1. The number of aromatic hydroxyl groups is 1. The summed E-state index contributed by atoms with van der Waals surface area (Å²) in [4.78, 5) is 24.8. The summed E-state index contributed by atoms with van der Waals surface area (Å²) in [7, 11) is 1.28. The number of fused-ring (bicyclic) bond motifs is 1. The lowest BCUT2D eigenvalue weighted by atomic mass is 9.86. The molecule has 1 aromatic carbocycles. The Morgan fingerprint density at radius 2 is 2.17 bits per heavy atom. The third kappa shape index (κ3) is 3.42. The highest BCUT2D eigenvalue weighted by atomic mass is 79.9. The molecule has 0 spiro atoms. The predicted molar refractivity (Wildman–Crippen MR) is 88.8 cm³/mol. The molecule has 124 valence electrons. The Labute approximate surface area is 143 Å². The first-order chi connectivity index (χ1) is 10.8. The first-order valence-electron chi connectivity index (χ1n) is 7.26. The van der Waals surface area contributed by atoms with Crippen molar-refractivity contribution in [2.75, 3.05) is 7.11 Å². The number of methoxy groups -OCH3 is 1. The maximum Gasteiger partial charge on any atom is 0.350 e. The molecule has 0 aromatic heterocycles. The summed E-state index contributed by atoms with van der Waals surface area (Å²) in [6, 6.07) is 2.91. The molecule has 1 aliphatic heterocycles. The van der Waals surface area contributed by atoms with Crippen LogP contribution in [0.15, 0.2) is 28.3 Å².